The van der Waals surface area contributed by atoms with E-state index in [0.717, 1.165) is 77.8 Å². The maximum absolute atomic E-state index is 9.89. The van der Waals surface area contributed by atoms with Crippen LogP contribution in [0.3, 0.4) is 0 Å². The number of phenolic OH excluding ortho intramolecular Hbond substituents is 2. The molecule has 2 N–H and O–H groups in total. The van der Waals surface area contributed by atoms with Gasteiger partial charge in [-0.15, -0.1) is 0 Å². The van der Waals surface area contributed by atoms with E-state index in [1.165, 1.54) is 157 Å². The number of benzene rings is 4. The van der Waals surface area contributed by atoms with Crippen LogP contribution in [0.2, 0.25) is 0 Å². The number of allylic oxidation sites excluding steroid dienone is 2. The summed E-state index contributed by atoms with van der Waals surface area (Å²) in [5.41, 5.74) is 12.5. The van der Waals surface area contributed by atoms with Crippen molar-refractivity contribution in [2.24, 2.45) is 9.98 Å². The van der Waals surface area contributed by atoms with Gasteiger partial charge in [0.05, 0.1) is 28.2 Å². The molecule has 4 nitrogen and oxygen atoms in total. The molecule has 0 aliphatic carbocycles. The van der Waals surface area contributed by atoms with Crippen molar-refractivity contribution in [3.05, 3.63) is 106 Å². The molecule has 0 aliphatic heterocycles. The Bertz CT molecular complexity index is 2020. The third kappa shape index (κ3) is 20.9. The third-order valence-electron chi connectivity index (χ3n) is 12.7. The lowest BCUT2D eigenvalue weighted by atomic mass is 9.97. The summed E-state index contributed by atoms with van der Waals surface area (Å²) in [5.74, 6) is 0.314. The maximum Gasteiger partial charge on any atom is 0.127 e. The van der Waals surface area contributed by atoms with Gasteiger partial charge in [0.2, 0.25) is 0 Å². The fourth-order valence-electron chi connectivity index (χ4n) is 8.76. The Labute approximate surface area is 398 Å². The van der Waals surface area contributed by atoms with E-state index in [-0.39, 0.29) is 11.5 Å². The Balaban J connectivity index is 0.000000582. The molecule has 65 heavy (non-hydrogen) atoms. The zero-order valence-corrected chi connectivity index (χ0v) is 42.8. The van der Waals surface area contributed by atoms with Crippen molar-refractivity contribution in [3.63, 3.8) is 0 Å². The molecule has 0 spiro atoms. The molecule has 4 heteroatoms. The van der Waals surface area contributed by atoms with Crippen LogP contribution in [0.4, 0.5) is 11.4 Å². The summed E-state index contributed by atoms with van der Waals surface area (Å²) < 4.78 is 0. The van der Waals surface area contributed by atoms with Crippen LogP contribution in [0, 0.1) is 6.92 Å². The van der Waals surface area contributed by atoms with E-state index < -0.39 is 0 Å². The van der Waals surface area contributed by atoms with E-state index in [1.807, 2.05) is 19.1 Å². The molecule has 4 aromatic carbocycles. The highest BCUT2D eigenvalue weighted by Gasteiger charge is 2.13. The van der Waals surface area contributed by atoms with Crippen molar-refractivity contribution >= 4 is 33.6 Å². The van der Waals surface area contributed by atoms with Gasteiger partial charge in [-0.1, -0.05) is 169 Å². The van der Waals surface area contributed by atoms with Gasteiger partial charge in [0, 0.05) is 0 Å². The van der Waals surface area contributed by atoms with Crippen LogP contribution in [0.15, 0.2) is 82.8 Å². The summed E-state index contributed by atoms with van der Waals surface area (Å²) in [6.07, 6.45) is 37.6. The Morgan fingerprint density at radius 3 is 1.51 bits per heavy atom. The lowest BCUT2D eigenvalue weighted by molar-refractivity contribution is 0.463. The number of unbranched alkanes of at least 4 members (excludes halogenated alkanes) is 14. The van der Waals surface area contributed by atoms with Gasteiger partial charge < -0.3 is 10.2 Å². The van der Waals surface area contributed by atoms with Crippen molar-refractivity contribution in [2.45, 2.75) is 229 Å². The number of aromatic hydroxyl groups is 2. The first-order valence-electron chi connectivity index (χ1n) is 26.7. The predicted molar refractivity (Wildman–Crippen MR) is 288 cm³/mol. The van der Waals surface area contributed by atoms with Gasteiger partial charge in [0.15, 0.2) is 0 Å². The van der Waals surface area contributed by atoms with Crippen molar-refractivity contribution in [1.29, 1.82) is 0 Å². The van der Waals surface area contributed by atoms with Gasteiger partial charge in [-0.2, -0.15) is 0 Å². The fourth-order valence-corrected chi connectivity index (χ4v) is 8.76. The molecule has 4 aromatic rings. The molecule has 0 saturated heterocycles. The highest BCUT2D eigenvalue weighted by atomic mass is 16.3. The van der Waals surface area contributed by atoms with Crippen LogP contribution in [-0.2, 0) is 32.1 Å². The van der Waals surface area contributed by atoms with Crippen molar-refractivity contribution < 1.29 is 10.2 Å². The van der Waals surface area contributed by atoms with E-state index in [2.05, 4.69) is 97.0 Å². The van der Waals surface area contributed by atoms with Gasteiger partial charge in [-0.3, -0.25) is 4.99 Å². The van der Waals surface area contributed by atoms with Crippen LogP contribution in [0.1, 0.15) is 223 Å². The number of fused-ring (bicyclic) bond motifs is 1. The molecule has 0 aromatic heterocycles. The first kappa shape index (κ1) is 55.1. The number of phenols is 2. The average Bonchev–Trinajstić information content (AvgIpc) is 3.29. The molecule has 0 saturated carbocycles. The topological polar surface area (TPSA) is 65.2 Å². The van der Waals surface area contributed by atoms with Gasteiger partial charge in [-0.05, 0) is 172 Å². The summed E-state index contributed by atoms with van der Waals surface area (Å²) in [5, 5.41) is 21.1. The summed E-state index contributed by atoms with van der Waals surface area (Å²) in [7, 11) is 0. The molecule has 0 unspecified atom stereocenters. The number of hydrogen-bond donors (Lipinski definition) is 2. The van der Waals surface area contributed by atoms with Gasteiger partial charge >= 0.3 is 0 Å². The molecule has 0 fully saturated rings. The van der Waals surface area contributed by atoms with Crippen LogP contribution in [-0.4, -0.2) is 21.6 Å². The van der Waals surface area contributed by atoms with E-state index in [0.29, 0.717) is 5.39 Å². The predicted octanol–water partition coefficient (Wildman–Crippen LogP) is 19.1. The van der Waals surface area contributed by atoms with E-state index in [9.17, 15) is 10.2 Å². The van der Waals surface area contributed by atoms with Crippen molar-refractivity contribution in [3.8, 4) is 11.5 Å². The largest absolute Gasteiger partial charge is 0.507 e. The van der Waals surface area contributed by atoms with Gasteiger partial charge in [0.25, 0.3) is 0 Å². The van der Waals surface area contributed by atoms with Crippen molar-refractivity contribution in [1.82, 2.24) is 0 Å². The molecular weight excluding hydrogens is 793 g/mol. The number of nitrogens with zero attached hydrogens (tertiary/aromatic N) is 2. The molecule has 0 aliphatic rings. The third-order valence-corrected chi connectivity index (χ3v) is 12.7. The summed E-state index contributed by atoms with van der Waals surface area (Å²) in [4.78, 5) is 10.9. The number of rotatable bonds is 31. The monoisotopic (exact) mass is 885 g/mol. The highest BCUT2D eigenvalue weighted by Crippen LogP contribution is 2.35. The van der Waals surface area contributed by atoms with E-state index in [4.69, 9.17) is 9.98 Å². The standard InChI is InChI=1S/C47H76N2.C14H16O2/c1-7-13-19-21-23-25-27-33-47(49-45-37-35-41(29-16-10-4)43(39-45)31-18-12-6)46(32-26-24-22-20-14-8-2)48-44-36-34-40(28-15-9-3)42(38-44)30-17-11-5;1-3-4-10-7-11-5-9(2)6-12(15)14(11)13(16)8-10/h27,33-39H,7-26,28-32H2,1-6H3;5-8,15-16H,3-4H2,1-2H3. The lowest BCUT2D eigenvalue weighted by Gasteiger charge is -2.13. The Kier molecular flexibility index (Phi) is 28.3. The van der Waals surface area contributed by atoms with Gasteiger partial charge in [0.1, 0.15) is 11.5 Å². The molecule has 0 amide bonds. The zero-order valence-electron chi connectivity index (χ0n) is 42.8. The second-order valence-corrected chi connectivity index (χ2v) is 18.7. The molecule has 0 atom stereocenters. The fraction of sp³-hybridized carbons (Fsp3) is 0.574. The second-order valence-electron chi connectivity index (χ2n) is 18.7. The van der Waals surface area contributed by atoms with E-state index >= 15 is 0 Å². The Morgan fingerprint density at radius 2 is 0.954 bits per heavy atom. The van der Waals surface area contributed by atoms with Crippen molar-refractivity contribution in [2.75, 3.05) is 0 Å². The summed E-state index contributed by atoms with van der Waals surface area (Å²) >= 11 is 0. The quantitative estimate of drug-likeness (QED) is 0.0391. The molecular formula is C61H92N2O2. The summed E-state index contributed by atoms with van der Waals surface area (Å²) in [6, 6.07) is 21.5. The second kappa shape index (κ2) is 33.3. The maximum atomic E-state index is 9.89. The normalized spacial score (nSPS) is 12.1. The van der Waals surface area contributed by atoms with Crippen LogP contribution in [0.25, 0.3) is 10.8 Å². The molecule has 4 rings (SSSR count). The van der Waals surface area contributed by atoms with Crippen LogP contribution in [0.5, 0.6) is 11.5 Å². The molecule has 0 radical (unpaired) electrons. The molecule has 0 bridgehead atoms. The minimum absolute atomic E-state index is 0.149. The number of aryl methyl sites for hydroxylation is 6. The van der Waals surface area contributed by atoms with Crippen LogP contribution < -0.4 is 0 Å². The average molecular weight is 885 g/mol. The minimum atomic E-state index is 0.149. The lowest BCUT2D eigenvalue weighted by Crippen LogP contribution is -2.12. The Hall–Kier alpha value is -4.18. The minimum Gasteiger partial charge on any atom is -0.507 e. The first-order chi connectivity index (χ1) is 31.7. The molecule has 358 valence electrons. The van der Waals surface area contributed by atoms with E-state index in [1.54, 1.807) is 12.1 Å². The number of hydrogen-bond acceptors (Lipinski definition) is 4. The summed E-state index contributed by atoms with van der Waals surface area (Å²) in [6.45, 7) is 17.8. The zero-order chi connectivity index (χ0) is 47.1. The highest BCUT2D eigenvalue weighted by molar-refractivity contribution is 6.47. The Morgan fingerprint density at radius 1 is 0.462 bits per heavy atom. The smallest absolute Gasteiger partial charge is 0.127 e. The first-order valence-corrected chi connectivity index (χ1v) is 26.7. The van der Waals surface area contributed by atoms with Gasteiger partial charge in [-0.25, -0.2) is 4.99 Å². The molecule has 0 heterocycles. The van der Waals surface area contributed by atoms with Crippen LogP contribution >= 0.6 is 0 Å². The number of aliphatic imine (C=N–C) groups is 2. The SMILES string of the molecule is CCCCCCCC=CC(=Nc1ccc(CCCC)c(CCCC)c1)C(CCCCCCCC)=Nc1ccc(CCCC)c(CCCC)c1.CCCc1cc(O)c2c(O)cc(C)cc2c1.